The van der Waals surface area contributed by atoms with Gasteiger partial charge in [0.05, 0.1) is 12.2 Å². The molecule has 0 aliphatic carbocycles. The van der Waals surface area contributed by atoms with Gasteiger partial charge in [-0.2, -0.15) is 13.2 Å². The number of alkyl halides is 3. The highest BCUT2D eigenvalue weighted by Crippen LogP contribution is 2.35. The molecule has 150 valence electrons. The van der Waals surface area contributed by atoms with Crippen LogP contribution in [-0.4, -0.2) is 53.6 Å². The van der Waals surface area contributed by atoms with Gasteiger partial charge in [-0.1, -0.05) is 0 Å². The number of nitrogens with zero attached hydrogens (tertiary/aromatic N) is 2. The van der Waals surface area contributed by atoms with Gasteiger partial charge in [0, 0.05) is 13.0 Å². The van der Waals surface area contributed by atoms with Crippen molar-refractivity contribution in [3.63, 3.8) is 0 Å². The predicted molar refractivity (Wildman–Crippen MR) is 85.2 cm³/mol. The van der Waals surface area contributed by atoms with E-state index in [1.165, 1.54) is 10.6 Å². The molecule has 1 atom stereocenters. The average molecular weight is 402 g/mol. The van der Waals surface area contributed by atoms with Gasteiger partial charge in [-0.05, 0) is 30.7 Å². The van der Waals surface area contributed by atoms with Gasteiger partial charge in [0.25, 0.3) is 11.6 Å². The van der Waals surface area contributed by atoms with Crippen molar-refractivity contribution in [3.8, 4) is 0 Å². The zero-order valence-corrected chi connectivity index (χ0v) is 14.2. The highest BCUT2D eigenvalue weighted by Gasteiger charge is 2.69. The van der Waals surface area contributed by atoms with Crippen molar-refractivity contribution in [2.75, 3.05) is 18.0 Å². The third-order valence-electron chi connectivity index (χ3n) is 4.36. The molecule has 2 saturated heterocycles. The van der Waals surface area contributed by atoms with Gasteiger partial charge >= 0.3 is 12.2 Å². The maximum atomic E-state index is 13.7. The van der Waals surface area contributed by atoms with E-state index in [0.717, 1.165) is 29.2 Å². The number of halogens is 4. The molecule has 2 aliphatic heterocycles. The number of urea groups is 1. The predicted octanol–water partition coefficient (Wildman–Crippen LogP) is 0.879. The van der Waals surface area contributed by atoms with E-state index >= 15 is 0 Å². The van der Waals surface area contributed by atoms with Crippen LogP contribution in [0.3, 0.4) is 0 Å². The van der Waals surface area contributed by atoms with Crippen LogP contribution in [0.25, 0.3) is 0 Å². The molecule has 0 unspecified atom stereocenters. The molecule has 2 N–H and O–H groups in total. The molecule has 0 spiro atoms. The fourth-order valence-electron chi connectivity index (χ4n) is 3.00. The van der Waals surface area contributed by atoms with Crippen molar-refractivity contribution in [3.05, 3.63) is 30.1 Å². The number of imide groups is 1. The molecule has 0 saturated carbocycles. The van der Waals surface area contributed by atoms with E-state index in [1.807, 2.05) is 0 Å². The van der Waals surface area contributed by atoms with Crippen molar-refractivity contribution in [2.24, 2.45) is 0 Å². The van der Waals surface area contributed by atoms with E-state index in [4.69, 9.17) is 0 Å². The van der Waals surface area contributed by atoms with Crippen LogP contribution in [0.4, 0.5) is 28.0 Å². The Labute approximate surface area is 155 Å². The minimum atomic E-state index is -5.38. The largest absolute Gasteiger partial charge is 0.440 e. The van der Waals surface area contributed by atoms with Crippen molar-refractivity contribution >= 4 is 29.4 Å². The van der Waals surface area contributed by atoms with Gasteiger partial charge in [0.2, 0.25) is 11.8 Å². The summed E-state index contributed by atoms with van der Waals surface area (Å²) in [7, 11) is 0. The smallest absolute Gasteiger partial charge is 0.333 e. The second-order valence-corrected chi connectivity index (χ2v) is 6.26. The molecule has 2 fully saturated rings. The lowest BCUT2D eigenvalue weighted by Crippen LogP contribution is -2.70. The van der Waals surface area contributed by atoms with Crippen LogP contribution in [0.2, 0.25) is 0 Å². The Balaban J connectivity index is 1.88. The number of amides is 5. The monoisotopic (exact) mass is 402 g/mol. The lowest BCUT2D eigenvalue weighted by molar-refractivity contribution is -0.201. The van der Waals surface area contributed by atoms with Crippen molar-refractivity contribution in [1.29, 1.82) is 0 Å². The molecule has 12 heteroatoms. The second kappa shape index (κ2) is 6.77. The zero-order valence-electron chi connectivity index (χ0n) is 14.2. The SMILES string of the molecule is O=C(CN1CCCC1=O)N[C@]1(C(F)(F)F)NC(=O)N(c2ccc(F)cc2)C1=O. The molecule has 3 rings (SSSR count). The van der Waals surface area contributed by atoms with E-state index in [0.29, 0.717) is 6.42 Å². The summed E-state index contributed by atoms with van der Waals surface area (Å²) in [5.74, 6) is -4.17. The lowest BCUT2D eigenvalue weighted by Gasteiger charge is -2.30. The van der Waals surface area contributed by atoms with E-state index < -0.39 is 48.0 Å². The van der Waals surface area contributed by atoms with Crippen LogP contribution in [0, 0.1) is 5.82 Å². The molecule has 1 aromatic carbocycles. The molecule has 28 heavy (non-hydrogen) atoms. The number of carbonyl (C=O) groups is 4. The normalized spacial score (nSPS) is 22.6. The minimum absolute atomic E-state index is 0.161. The summed E-state index contributed by atoms with van der Waals surface area (Å²) in [6.07, 6.45) is -4.74. The summed E-state index contributed by atoms with van der Waals surface area (Å²) in [4.78, 5) is 49.5. The summed E-state index contributed by atoms with van der Waals surface area (Å²) in [5.41, 5.74) is -4.00. The van der Waals surface area contributed by atoms with E-state index in [9.17, 15) is 36.7 Å². The molecule has 0 bridgehead atoms. The molecule has 0 aromatic heterocycles. The molecule has 5 amide bonds. The van der Waals surface area contributed by atoms with Gasteiger partial charge in [-0.3, -0.25) is 19.7 Å². The topological polar surface area (TPSA) is 98.8 Å². The minimum Gasteiger partial charge on any atom is -0.333 e. The van der Waals surface area contributed by atoms with Crippen LogP contribution >= 0.6 is 0 Å². The number of likely N-dealkylation sites (tertiary alicyclic amines) is 1. The van der Waals surface area contributed by atoms with Crippen LogP contribution in [-0.2, 0) is 14.4 Å². The second-order valence-electron chi connectivity index (χ2n) is 6.26. The first-order chi connectivity index (χ1) is 13.0. The first-order valence-electron chi connectivity index (χ1n) is 8.13. The number of hydrogen-bond donors (Lipinski definition) is 2. The first kappa shape index (κ1) is 19.6. The quantitative estimate of drug-likeness (QED) is 0.577. The number of hydrogen-bond acceptors (Lipinski definition) is 4. The molecular weight excluding hydrogens is 388 g/mol. The van der Waals surface area contributed by atoms with Gasteiger partial charge in [-0.25, -0.2) is 14.1 Å². The third kappa shape index (κ3) is 3.25. The van der Waals surface area contributed by atoms with Crippen LogP contribution < -0.4 is 15.5 Å². The molecule has 8 nitrogen and oxygen atoms in total. The van der Waals surface area contributed by atoms with E-state index in [1.54, 1.807) is 0 Å². The van der Waals surface area contributed by atoms with Crippen molar-refractivity contribution in [2.45, 2.75) is 24.7 Å². The fourth-order valence-corrected chi connectivity index (χ4v) is 3.00. The van der Waals surface area contributed by atoms with Gasteiger partial charge in [0.1, 0.15) is 5.82 Å². The Hall–Kier alpha value is -3.18. The Morgan fingerprint density at radius 1 is 1.18 bits per heavy atom. The van der Waals surface area contributed by atoms with Crippen LogP contribution in [0.1, 0.15) is 12.8 Å². The van der Waals surface area contributed by atoms with E-state index in [-0.39, 0.29) is 23.6 Å². The summed E-state index contributed by atoms with van der Waals surface area (Å²) in [6.45, 7) is -0.482. The third-order valence-corrected chi connectivity index (χ3v) is 4.36. The Morgan fingerprint density at radius 2 is 1.82 bits per heavy atom. The number of benzene rings is 1. The summed E-state index contributed by atoms with van der Waals surface area (Å²) in [6, 6.07) is 2.18. The summed E-state index contributed by atoms with van der Waals surface area (Å²) >= 11 is 0. The first-order valence-corrected chi connectivity index (χ1v) is 8.13. The van der Waals surface area contributed by atoms with Gasteiger partial charge < -0.3 is 10.2 Å². The molecule has 2 aliphatic rings. The van der Waals surface area contributed by atoms with Crippen molar-refractivity contribution in [1.82, 2.24) is 15.5 Å². The lowest BCUT2D eigenvalue weighted by atomic mass is 10.1. The van der Waals surface area contributed by atoms with E-state index in [2.05, 4.69) is 0 Å². The Morgan fingerprint density at radius 3 is 2.36 bits per heavy atom. The van der Waals surface area contributed by atoms with Crippen LogP contribution in [0.5, 0.6) is 0 Å². The fraction of sp³-hybridized carbons (Fsp3) is 0.375. The number of nitrogens with one attached hydrogen (secondary N) is 2. The summed E-state index contributed by atoms with van der Waals surface area (Å²) < 4.78 is 54.2. The summed E-state index contributed by atoms with van der Waals surface area (Å²) in [5, 5.41) is 2.99. The molecule has 2 heterocycles. The number of carbonyl (C=O) groups excluding carboxylic acids is 4. The maximum Gasteiger partial charge on any atom is 0.440 e. The number of anilines is 1. The van der Waals surface area contributed by atoms with Crippen LogP contribution in [0.15, 0.2) is 24.3 Å². The van der Waals surface area contributed by atoms with Gasteiger partial charge in [-0.15, -0.1) is 0 Å². The maximum absolute atomic E-state index is 13.7. The highest BCUT2D eigenvalue weighted by molar-refractivity contribution is 6.24. The van der Waals surface area contributed by atoms with Gasteiger partial charge in [0.15, 0.2) is 0 Å². The zero-order chi connectivity index (χ0) is 20.7. The molecule has 1 aromatic rings. The molecule has 0 radical (unpaired) electrons. The average Bonchev–Trinajstić information content (AvgIpc) is 3.10. The highest BCUT2D eigenvalue weighted by atomic mass is 19.4. The Kier molecular flexibility index (Phi) is 4.73. The van der Waals surface area contributed by atoms with Crippen molar-refractivity contribution < 1.29 is 36.7 Å². The molecular formula is C16H14F4N4O4. The standard InChI is InChI=1S/C16H14F4N4O4/c17-9-3-5-10(6-4-9)24-13(27)15(16(18,19)20,22-14(24)28)21-11(25)8-23-7-1-2-12(23)26/h3-6H,1-2,7-8H2,(H,21,25)(H,22,28)/t15-/m0/s1. The Bertz CT molecular complexity index is 842. The number of rotatable bonds is 4.